The third kappa shape index (κ3) is 2.56. The van der Waals surface area contributed by atoms with Gasteiger partial charge in [-0.25, -0.2) is 17.2 Å². The van der Waals surface area contributed by atoms with Gasteiger partial charge in [0.1, 0.15) is 4.90 Å². The molecule has 0 N–H and O–H groups in total. The number of halogens is 4. The second-order valence-corrected chi connectivity index (χ2v) is 5.58. The molecule has 0 fully saturated rings. The third-order valence-electron chi connectivity index (χ3n) is 1.68. The average molecular weight is 276 g/mol. The van der Waals surface area contributed by atoms with Crippen molar-refractivity contribution < 1.29 is 17.2 Å². The molecular weight excluding hydrogens is 271 g/mol. The molecule has 0 spiro atoms. The van der Waals surface area contributed by atoms with Gasteiger partial charge in [-0.2, -0.15) is 0 Å². The summed E-state index contributed by atoms with van der Waals surface area (Å²) >= 11 is 5.47. The minimum atomic E-state index is -4.31. The van der Waals surface area contributed by atoms with Gasteiger partial charge < -0.3 is 0 Å². The van der Waals surface area contributed by atoms with Crippen LogP contribution in [0.15, 0.2) is 11.1 Å². The summed E-state index contributed by atoms with van der Waals surface area (Å²) in [5, 5.41) is -0.411. The molecule has 0 saturated carbocycles. The smallest absolute Gasteiger partial charge is 0.259 e. The Morgan fingerprint density at radius 3 is 2.33 bits per heavy atom. The first-order valence-electron chi connectivity index (χ1n) is 3.63. The maximum Gasteiger partial charge on any atom is 0.266 e. The Morgan fingerprint density at radius 2 is 2.00 bits per heavy atom. The van der Waals surface area contributed by atoms with Crippen LogP contribution in [-0.4, -0.2) is 13.4 Å². The van der Waals surface area contributed by atoms with E-state index < -0.39 is 31.0 Å². The third-order valence-corrected chi connectivity index (χ3v) is 3.47. The molecule has 0 amide bonds. The summed E-state index contributed by atoms with van der Waals surface area (Å²) in [7, 11) is 0.700. The van der Waals surface area contributed by atoms with Crippen LogP contribution < -0.4 is 0 Å². The first-order chi connectivity index (χ1) is 6.75. The second kappa shape index (κ2) is 4.19. The van der Waals surface area contributed by atoms with Crippen molar-refractivity contribution in [3.05, 3.63) is 22.5 Å². The fraction of sp³-hybridized carbons (Fsp3) is 0.286. The molecule has 3 nitrogen and oxygen atoms in total. The number of alkyl halides is 2. The van der Waals surface area contributed by atoms with Crippen LogP contribution >= 0.6 is 22.3 Å². The molecular formula is C7H5Cl2F2NO2S. The maximum atomic E-state index is 12.6. The van der Waals surface area contributed by atoms with E-state index in [1.165, 1.54) is 6.92 Å². The van der Waals surface area contributed by atoms with Crippen molar-refractivity contribution in [1.29, 1.82) is 0 Å². The van der Waals surface area contributed by atoms with E-state index in [-0.39, 0.29) is 5.69 Å². The number of aromatic nitrogens is 1. The van der Waals surface area contributed by atoms with Crippen molar-refractivity contribution in [2.75, 3.05) is 0 Å². The predicted molar refractivity (Wildman–Crippen MR) is 52.0 cm³/mol. The van der Waals surface area contributed by atoms with Crippen molar-refractivity contribution >= 4 is 31.3 Å². The average Bonchev–Trinajstić information content (AvgIpc) is 2.05. The van der Waals surface area contributed by atoms with Gasteiger partial charge in [-0.3, -0.25) is 4.98 Å². The van der Waals surface area contributed by atoms with E-state index in [0.29, 0.717) is 0 Å². The fourth-order valence-corrected chi connectivity index (χ4v) is 2.94. The highest BCUT2D eigenvalue weighted by atomic mass is 35.7. The summed E-state index contributed by atoms with van der Waals surface area (Å²) in [4.78, 5) is 2.77. The number of hydrogen-bond acceptors (Lipinski definition) is 3. The van der Waals surface area contributed by atoms with Crippen LogP contribution in [0.5, 0.6) is 0 Å². The lowest BCUT2D eigenvalue weighted by atomic mass is 10.2. The van der Waals surface area contributed by atoms with Crippen LogP contribution in [0.3, 0.4) is 0 Å². The van der Waals surface area contributed by atoms with E-state index in [9.17, 15) is 17.2 Å². The van der Waals surface area contributed by atoms with Crippen molar-refractivity contribution in [2.45, 2.75) is 18.2 Å². The SMILES string of the molecule is Cc1ncc(Cl)c(S(=O)(=O)Cl)c1C(F)F. The molecule has 0 aliphatic heterocycles. The Labute approximate surface area is 94.4 Å². The molecule has 15 heavy (non-hydrogen) atoms. The Morgan fingerprint density at radius 1 is 1.47 bits per heavy atom. The van der Waals surface area contributed by atoms with Gasteiger partial charge in [0.2, 0.25) is 0 Å². The normalized spacial score (nSPS) is 12.1. The number of rotatable bonds is 2. The van der Waals surface area contributed by atoms with Crippen LogP contribution in [0.1, 0.15) is 17.7 Å². The lowest BCUT2D eigenvalue weighted by molar-refractivity contribution is 0.146. The van der Waals surface area contributed by atoms with Crippen molar-refractivity contribution in [2.24, 2.45) is 0 Å². The van der Waals surface area contributed by atoms with Gasteiger partial charge in [0.15, 0.2) is 0 Å². The summed E-state index contributed by atoms with van der Waals surface area (Å²) < 4.78 is 47.3. The first-order valence-corrected chi connectivity index (χ1v) is 6.31. The number of nitrogens with zero attached hydrogens (tertiary/aromatic N) is 1. The lowest BCUT2D eigenvalue weighted by Crippen LogP contribution is -2.04. The van der Waals surface area contributed by atoms with Crippen LogP contribution in [-0.2, 0) is 9.05 Å². The Balaban J connectivity index is 3.68. The van der Waals surface area contributed by atoms with Gasteiger partial charge in [-0.05, 0) is 6.92 Å². The number of pyridine rings is 1. The monoisotopic (exact) mass is 275 g/mol. The van der Waals surface area contributed by atoms with Gasteiger partial charge in [0.05, 0.1) is 10.6 Å². The molecule has 0 unspecified atom stereocenters. The van der Waals surface area contributed by atoms with Crippen LogP contribution in [0.25, 0.3) is 0 Å². The Bertz CT molecular complexity index is 490. The molecule has 0 radical (unpaired) electrons. The molecule has 1 rings (SSSR count). The lowest BCUT2D eigenvalue weighted by Gasteiger charge is -2.09. The molecule has 8 heteroatoms. The number of aryl methyl sites for hydroxylation is 1. The quantitative estimate of drug-likeness (QED) is 0.780. The van der Waals surface area contributed by atoms with Crippen molar-refractivity contribution in [1.82, 2.24) is 4.98 Å². The van der Waals surface area contributed by atoms with E-state index >= 15 is 0 Å². The molecule has 84 valence electrons. The highest BCUT2D eigenvalue weighted by Gasteiger charge is 2.27. The van der Waals surface area contributed by atoms with Gasteiger partial charge >= 0.3 is 0 Å². The molecule has 1 heterocycles. The molecule has 0 bridgehead atoms. The highest BCUT2D eigenvalue weighted by molar-refractivity contribution is 8.13. The van der Waals surface area contributed by atoms with Crippen LogP contribution in [0.4, 0.5) is 8.78 Å². The molecule has 1 aromatic rings. The zero-order chi connectivity index (χ0) is 11.8. The summed E-state index contributed by atoms with van der Waals surface area (Å²) in [5.41, 5.74) is -0.869. The van der Waals surface area contributed by atoms with Gasteiger partial charge in [0.25, 0.3) is 15.5 Å². The van der Waals surface area contributed by atoms with Gasteiger partial charge in [-0.15, -0.1) is 0 Å². The molecule has 0 atom stereocenters. The zero-order valence-corrected chi connectivity index (χ0v) is 9.67. The summed E-state index contributed by atoms with van der Waals surface area (Å²) in [5.74, 6) is 0. The van der Waals surface area contributed by atoms with Crippen LogP contribution in [0, 0.1) is 6.92 Å². The summed E-state index contributed by atoms with van der Waals surface area (Å²) in [6, 6.07) is 0. The minimum absolute atomic E-state index is 0.117. The van der Waals surface area contributed by atoms with E-state index in [0.717, 1.165) is 6.20 Å². The molecule has 0 aliphatic rings. The Hall–Kier alpha value is -0.460. The van der Waals surface area contributed by atoms with Gasteiger partial charge in [0, 0.05) is 22.6 Å². The fourth-order valence-electron chi connectivity index (χ4n) is 1.08. The molecule has 0 aliphatic carbocycles. The minimum Gasteiger partial charge on any atom is -0.259 e. The van der Waals surface area contributed by atoms with Crippen molar-refractivity contribution in [3.8, 4) is 0 Å². The summed E-state index contributed by atoms with van der Waals surface area (Å²) in [6.07, 6.45) is -2.03. The van der Waals surface area contributed by atoms with Gasteiger partial charge in [-0.1, -0.05) is 11.6 Å². The highest BCUT2D eigenvalue weighted by Crippen LogP contribution is 2.35. The summed E-state index contributed by atoms with van der Waals surface area (Å²) in [6.45, 7) is 1.25. The predicted octanol–water partition coefficient (Wildman–Crippen LogP) is 2.91. The first kappa shape index (κ1) is 12.6. The largest absolute Gasteiger partial charge is 0.266 e. The standard InChI is InChI=1S/C7H5Cl2F2NO2S/c1-3-5(7(10)11)6(15(9,13)14)4(8)2-12-3/h2,7H,1H3. The molecule has 0 aromatic carbocycles. The number of hydrogen-bond donors (Lipinski definition) is 0. The topological polar surface area (TPSA) is 47.0 Å². The maximum absolute atomic E-state index is 12.6. The molecule has 1 aromatic heterocycles. The van der Waals surface area contributed by atoms with Crippen LogP contribution in [0.2, 0.25) is 5.02 Å². The molecule has 0 saturated heterocycles. The second-order valence-electron chi connectivity index (χ2n) is 2.67. The van der Waals surface area contributed by atoms with E-state index in [1.807, 2.05) is 0 Å². The zero-order valence-electron chi connectivity index (χ0n) is 7.34. The van der Waals surface area contributed by atoms with E-state index in [1.54, 1.807) is 0 Å². The van der Waals surface area contributed by atoms with E-state index in [2.05, 4.69) is 4.98 Å². The van der Waals surface area contributed by atoms with Crippen molar-refractivity contribution in [3.63, 3.8) is 0 Å². The van der Waals surface area contributed by atoms with E-state index in [4.69, 9.17) is 22.3 Å². The Kier molecular flexibility index (Phi) is 3.52.